The molecule has 0 bridgehead atoms. The van der Waals surface area contributed by atoms with Gasteiger partial charge in [-0.15, -0.1) is 0 Å². The minimum absolute atomic E-state index is 0.0975. The van der Waals surface area contributed by atoms with Crippen molar-refractivity contribution >= 4 is 51.0 Å². The van der Waals surface area contributed by atoms with Crippen molar-refractivity contribution in [3.63, 3.8) is 0 Å². The van der Waals surface area contributed by atoms with Crippen molar-refractivity contribution in [3.05, 3.63) is 64.3 Å². The van der Waals surface area contributed by atoms with E-state index in [1.54, 1.807) is 30.3 Å². The van der Waals surface area contributed by atoms with Crippen molar-refractivity contribution in [1.29, 1.82) is 0 Å². The summed E-state index contributed by atoms with van der Waals surface area (Å²) in [4.78, 5) is 13.8. The number of anilines is 1. The van der Waals surface area contributed by atoms with Crippen LogP contribution in [0.15, 0.2) is 58.8 Å². The molecule has 2 aromatic carbocycles. The van der Waals surface area contributed by atoms with E-state index in [2.05, 4.69) is 15.9 Å². The van der Waals surface area contributed by atoms with Crippen molar-refractivity contribution in [1.82, 2.24) is 0 Å². The van der Waals surface area contributed by atoms with Crippen molar-refractivity contribution in [2.24, 2.45) is 0 Å². The maximum Gasteiger partial charge on any atom is 0.301 e. The second-order valence-corrected chi connectivity index (χ2v) is 5.77. The Balaban J connectivity index is 1.93. The molecule has 0 unspecified atom stereocenters. The first kappa shape index (κ1) is 14.7. The van der Waals surface area contributed by atoms with E-state index in [1.165, 1.54) is 11.0 Å². The van der Waals surface area contributed by atoms with Gasteiger partial charge >= 0.3 is 5.91 Å². The molecule has 0 aromatic heterocycles. The van der Waals surface area contributed by atoms with Gasteiger partial charge in [0.15, 0.2) is 5.76 Å². The van der Waals surface area contributed by atoms with Crippen LogP contribution < -0.4 is 4.90 Å². The van der Waals surface area contributed by atoms with Crippen LogP contribution in [0, 0.1) is 0 Å². The number of hydrogen-bond donors (Lipinski definition) is 1. The smallest absolute Gasteiger partial charge is 0.301 e. The molecule has 1 N–H and O–H groups in total. The number of phenols is 1. The Morgan fingerprint density at radius 2 is 1.91 bits per heavy atom. The highest BCUT2D eigenvalue weighted by Gasteiger charge is 2.34. The lowest BCUT2D eigenvalue weighted by Gasteiger charge is -2.11. The highest BCUT2D eigenvalue weighted by Crippen LogP contribution is 2.28. The van der Waals surface area contributed by atoms with Crippen molar-refractivity contribution in [3.8, 4) is 5.75 Å². The number of thiocarbonyl (C=S) groups is 1. The van der Waals surface area contributed by atoms with Crippen molar-refractivity contribution in [2.75, 3.05) is 4.90 Å². The molecule has 1 saturated heterocycles. The predicted octanol–water partition coefficient (Wildman–Crippen LogP) is 3.84. The zero-order chi connectivity index (χ0) is 15.7. The molecular formula is C16H10BrNO3S. The molecule has 1 amide bonds. The molecule has 0 spiro atoms. The standard InChI is InChI=1S/C16H10BrNO3S/c17-12-8-10(6-7-13(12)19)9-14-15(20)18(16(22)21-14)11-4-2-1-3-5-11/h1-9,19H/b14-9+. The van der Waals surface area contributed by atoms with Gasteiger partial charge in [0.2, 0.25) is 0 Å². The Bertz CT molecular complexity index is 789. The third-order valence-electron chi connectivity index (χ3n) is 3.08. The molecule has 0 radical (unpaired) electrons. The van der Waals surface area contributed by atoms with Crippen molar-refractivity contribution in [2.45, 2.75) is 0 Å². The first-order chi connectivity index (χ1) is 10.6. The molecule has 2 aromatic rings. The molecule has 0 aliphatic carbocycles. The normalized spacial score (nSPS) is 16.2. The van der Waals surface area contributed by atoms with Gasteiger partial charge in [-0.1, -0.05) is 24.3 Å². The van der Waals surface area contributed by atoms with Gasteiger partial charge in [0.1, 0.15) is 5.75 Å². The average molecular weight is 376 g/mol. The van der Waals surface area contributed by atoms with E-state index >= 15 is 0 Å². The summed E-state index contributed by atoms with van der Waals surface area (Å²) in [6.07, 6.45) is 1.59. The summed E-state index contributed by atoms with van der Waals surface area (Å²) in [5, 5.41) is 9.59. The first-order valence-corrected chi connectivity index (χ1v) is 7.58. The van der Waals surface area contributed by atoms with Crippen LogP contribution >= 0.6 is 28.1 Å². The van der Waals surface area contributed by atoms with Gasteiger partial charge in [0.05, 0.1) is 10.2 Å². The fourth-order valence-corrected chi connectivity index (χ4v) is 2.71. The molecule has 1 aliphatic heterocycles. The monoisotopic (exact) mass is 375 g/mol. The lowest BCUT2D eigenvalue weighted by Crippen LogP contribution is -2.27. The molecule has 1 heterocycles. The number of amides is 1. The first-order valence-electron chi connectivity index (χ1n) is 6.38. The number of nitrogens with zero attached hydrogens (tertiary/aromatic N) is 1. The number of carbonyl (C=O) groups excluding carboxylic acids is 1. The maximum atomic E-state index is 12.5. The van der Waals surface area contributed by atoms with E-state index < -0.39 is 0 Å². The highest BCUT2D eigenvalue weighted by molar-refractivity contribution is 9.10. The van der Waals surface area contributed by atoms with E-state index in [4.69, 9.17) is 17.0 Å². The van der Waals surface area contributed by atoms with Crippen LogP contribution in [-0.4, -0.2) is 16.2 Å². The van der Waals surface area contributed by atoms with E-state index in [9.17, 15) is 9.90 Å². The number of hydrogen-bond acceptors (Lipinski definition) is 4. The SMILES string of the molecule is O=C1/C(=C\c2ccc(O)c(Br)c2)OC(=S)N1c1ccccc1. The third kappa shape index (κ3) is 2.75. The summed E-state index contributed by atoms with van der Waals surface area (Å²) in [6.45, 7) is 0. The van der Waals surface area contributed by atoms with E-state index in [0.29, 0.717) is 15.7 Å². The van der Waals surface area contributed by atoms with Crippen LogP contribution in [0.3, 0.4) is 0 Å². The molecule has 22 heavy (non-hydrogen) atoms. The number of phenolic OH excluding ortho intramolecular Hbond substituents is 1. The Labute approximate surface area is 140 Å². The van der Waals surface area contributed by atoms with Gasteiger partial charge in [0, 0.05) is 0 Å². The second kappa shape index (κ2) is 5.90. The maximum absolute atomic E-state index is 12.5. The Morgan fingerprint density at radius 1 is 1.18 bits per heavy atom. The van der Waals surface area contributed by atoms with Crippen LogP contribution in [0.25, 0.3) is 6.08 Å². The molecule has 3 rings (SSSR count). The third-order valence-corrected chi connectivity index (χ3v) is 3.98. The number of halogens is 1. The number of benzene rings is 2. The molecule has 6 heteroatoms. The van der Waals surface area contributed by atoms with E-state index in [1.807, 2.05) is 18.2 Å². The highest BCUT2D eigenvalue weighted by atomic mass is 79.9. The minimum Gasteiger partial charge on any atom is -0.507 e. The average Bonchev–Trinajstić information content (AvgIpc) is 2.78. The van der Waals surface area contributed by atoms with Gasteiger partial charge in [-0.05, 0) is 64.1 Å². The fourth-order valence-electron chi connectivity index (χ4n) is 2.03. The summed E-state index contributed by atoms with van der Waals surface area (Å²) in [6, 6.07) is 14.0. The molecule has 0 atom stereocenters. The number of aromatic hydroxyl groups is 1. The lowest BCUT2D eigenvalue weighted by molar-refractivity contribution is -0.114. The molecule has 110 valence electrons. The van der Waals surface area contributed by atoms with Crippen LogP contribution in [0.5, 0.6) is 5.75 Å². The minimum atomic E-state index is -0.319. The summed E-state index contributed by atoms with van der Waals surface area (Å²) >= 11 is 8.36. The number of rotatable bonds is 2. The second-order valence-electron chi connectivity index (χ2n) is 4.56. The van der Waals surface area contributed by atoms with Gasteiger partial charge in [-0.25, -0.2) is 4.90 Å². The Morgan fingerprint density at radius 3 is 2.59 bits per heavy atom. The van der Waals surface area contributed by atoms with E-state index in [-0.39, 0.29) is 22.6 Å². The van der Waals surface area contributed by atoms with E-state index in [0.717, 1.165) is 0 Å². The lowest BCUT2D eigenvalue weighted by atomic mass is 10.2. The number of ether oxygens (including phenoxy) is 1. The summed E-state index contributed by atoms with van der Waals surface area (Å²) in [7, 11) is 0. The van der Waals surface area contributed by atoms with Gasteiger partial charge in [0.25, 0.3) is 5.17 Å². The number of para-hydroxylation sites is 1. The van der Waals surface area contributed by atoms with Gasteiger partial charge in [-0.3, -0.25) is 4.79 Å². The van der Waals surface area contributed by atoms with Gasteiger partial charge in [-0.2, -0.15) is 0 Å². The molecule has 1 fully saturated rings. The summed E-state index contributed by atoms with van der Waals surface area (Å²) < 4.78 is 5.94. The predicted molar refractivity (Wildman–Crippen MR) is 91.4 cm³/mol. The molecular weight excluding hydrogens is 366 g/mol. The van der Waals surface area contributed by atoms with Crippen LogP contribution in [0.1, 0.15) is 5.56 Å². The van der Waals surface area contributed by atoms with Crippen LogP contribution in [0.2, 0.25) is 0 Å². The quantitative estimate of drug-likeness (QED) is 0.639. The zero-order valence-electron chi connectivity index (χ0n) is 11.2. The van der Waals surface area contributed by atoms with Crippen LogP contribution in [0.4, 0.5) is 5.69 Å². The Kier molecular flexibility index (Phi) is 3.96. The largest absolute Gasteiger partial charge is 0.507 e. The molecule has 1 aliphatic rings. The fraction of sp³-hybridized carbons (Fsp3) is 0. The topological polar surface area (TPSA) is 49.8 Å². The summed E-state index contributed by atoms with van der Waals surface area (Å²) in [5.74, 6) is -0.0471. The van der Waals surface area contributed by atoms with Crippen LogP contribution in [-0.2, 0) is 9.53 Å². The number of carbonyl (C=O) groups is 1. The van der Waals surface area contributed by atoms with Crippen molar-refractivity contribution < 1.29 is 14.6 Å². The van der Waals surface area contributed by atoms with Gasteiger partial charge < -0.3 is 9.84 Å². The summed E-state index contributed by atoms with van der Waals surface area (Å²) in [5.41, 5.74) is 1.37. The Hall–Kier alpha value is -2.18. The molecule has 4 nitrogen and oxygen atoms in total. The molecule has 0 saturated carbocycles. The zero-order valence-corrected chi connectivity index (χ0v) is 13.6.